The van der Waals surface area contributed by atoms with Crippen molar-refractivity contribution in [1.82, 2.24) is 0 Å². The minimum atomic E-state index is -1.41. The number of ether oxygens (including phenoxy) is 3. The van der Waals surface area contributed by atoms with E-state index >= 15 is 0 Å². The number of esters is 2. The van der Waals surface area contributed by atoms with Crippen molar-refractivity contribution in [1.29, 1.82) is 0 Å². The third-order valence-corrected chi connectivity index (χ3v) is 7.57. The first-order valence-corrected chi connectivity index (χ1v) is 13.8. The number of aliphatic hydroxyl groups excluding tert-OH is 1. The number of hydrogen-bond acceptors (Lipinski definition) is 7. The molecule has 0 saturated carbocycles. The summed E-state index contributed by atoms with van der Waals surface area (Å²) in [5, 5.41) is 21.3. The maximum atomic E-state index is 13.9. The summed E-state index contributed by atoms with van der Waals surface area (Å²) in [6, 6.07) is 0. The third kappa shape index (κ3) is 9.93. The second-order valence-electron chi connectivity index (χ2n) is 11.4. The maximum Gasteiger partial charge on any atom is 0.309 e. The topological polar surface area (TPSA) is 106 Å². The molecule has 2 rings (SSSR count). The number of rotatable bonds is 9. The minimum Gasteiger partial charge on any atom is -0.457 e. The van der Waals surface area contributed by atoms with Crippen molar-refractivity contribution < 1.29 is 38.4 Å². The molecule has 0 aromatic heterocycles. The lowest BCUT2D eigenvalue weighted by atomic mass is 9.88. The van der Waals surface area contributed by atoms with Crippen molar-refractivity contribution in [3.05, 3.63) is 36.0 Å². The number of halogens is 1. The Hall–Kier alpha value is -2.03. The number of carbonyl (C=O) groups excluding carboxylic acids is 2. The van der Waals surface area contributed by atoms with Gasteiger partial charge in [0.25, 0.3) is 0 Å². The Labute approximate surface area is 227 Å². The van der Waals surface area contributed by atoms with Crippen LogP contribution >= 0.6 is 0 Å². The number of hydrogen-bond donors (Lipinski definition) is 2. The fourth-order valence-corrected chi connectivity index (χ4v) is 4.95. The number of alkyl halides is 1. The van der Waals surface area contributed by atoms with Crippen LogP contribution in [0.3, 0.4) is 0 Å². The van der Waals surface area contributed by atoms with Crippen LogP contribution in [0.5, 0.6) is 0 Å². The molecule has 7 nitrogen and oxygen atoms in total. The van der Waals surface area contributed by atoms with Crippen LogP contribution in [-0.4, -0.2) is 64.4 Å². The van der Waals surface area contributed by atoms with Gasteiger partial charge >= 0.3 is 11.9 Å². The smallest absolute Gasteiger partial charge is 0.309 e. The highest BCUT2D eigenvalue weighted by atomic mass is 19.1. The summed E-state index contributed by atoms with van der Waals surface area (Å²) in [6.07, 6.45) is 7.38. The summed E-state index contributed by atoms with van der Waals surface area (Å²) < 4.78 is 30.8. The van der Waals surface area contributed by atoms with E-state index in [1.54, 1.807) is 19.1 Å². The van der Waals surface area contributed by atoms with Gasteiger partial charge in [-0.1, -0.05) is 52.0 Å². The minimum absolute atomic E-state index is 0.0201. The van der Waals surface area contributed by atoms with E-state index in [4.69, 9.17) is 14.2 Å². The summed E-state index contributed by atoms with van der Waals surface area (Å²) in [7, 11) is 0. The molecular formula is C30H47FO7. The molecule has 0 amide bonds. The highest BCUT2D eigenvalue weighted by molar-refractivity contribution is 5.70. The zero-order chi connectivity index (χ0) is 28.6. The lowest BCUT2D eigenvalue weighted by Gasteiger charge is -2.32. The summed E-state index contributed by atoms with van der Waals surface area (Å²) in [5.41, 5.74) is -0.603. The van der Waals surface area contributed by atoms with Crippen LogP contribution in [0.4, 0.5) is 4.39 Å². The van der Waals surface area contributed by atoms with Gasteiger partial charge in [0.1, 0.15) is 24.0 Å². The van der Waals surface area contributed by atoms with E-state index in [1.807, 2.05) is 39.8 Å². The van der Waals surface area contributed by atoms with Gasteiger partial charge in [-0.15, -0.1) is 0 Å². The largest absolute Gasteiger partial charge is 0.457 e. The van der Waals surface area contributed by atoms with E-state index < -0.39 is 42.0 Å². The van der Waals surface area contributed by atoms with Crippen LogP contribution in [0.1, 0.15) is 80.6 Å². The zero-order valence-electron chi connectivity index (χ0n) is 23.9. The Kier molecular flexibility index (Phi) is 12.2. The lowest BCUT2D eigenvalue weighted by molar-refractivity contribution is -0.157. The SMILES string of the molecule is CCC(F)C(C)C1OC1CC(C)/C=C/C=C(\C)C1OC(=O)CC(O)CCC(C)(O)C(OC(C)=O)/C=C\C1C. The van der Waals surface area contributed by atoms with Gasteiger partial charge in [0.05, 0.1) is 24.7 Å². The molecule has 10 atom stereocenters. The molecule has 2 heterocycles. The fraction of sp³-hybridized carbons (Fsp3) is 0.733. The van der Waals surface area contributed by atoms with Gasteiger partial charge < -0.3 is 24.4 Å². The Bertz CT molecular complexity index is 880. The van der Waals surface area contributed by atoms with Crippen molar-refractivity contribution in [2.24, 2.45) is 17.8 Å². The van der Waals surface area contributed by atoms with E-state index in [0.717, 1.165) is 12.0 Å². The number of epoxide rings is 1. The first-order chi connectivity index (χ1) is 17.7. The predicted molar refractivity (Wildman–Crippen MR) is 144 cm³/mol. The second kappa shape index (κ2) is 14.4. The monoisotopic (exact) mass is 538 g/mol. The molecular weight excluding hydrogens is 491 g/mol. The van der Waals surface area contributed by atoms with Gasteiger partial charge in [-0.2, -0.15) is 0 Å². The average molecular weight is 539 g/mol. The highest BCUT2D eigenvalue weighted by Gasteiger charge is 2.45. The number of cyclic esters (lactones) is 1. The third-order valence-electron chi connectivity index (χ3n) is 7.57. The Morgan fingerprint density at radius 2 is 2.00 bits per heavy atom. The average Bonchev–Trinajstić information content (AvgIpc) is 3.60. The molecule has 0 aliphatic carbocycles. The molecule has 0 spiro atoms. The number of aliphatic hydroxyl groups is 2. The first kappa shape index (κ1) is 32.2. The molecule has 216 valence electrons. The van der Waals surface area contributed by atoms with Gasteiger partial charge in [-0.3, -0.25) is 9.59 Å². The molecule has 2 aliphatic rings. The Morgan fingerprint density at radius 3 is 2.63 bits per heavy atom. The van der Waals surface area contributed by atoms with Gasteiger partial charge in [-0.05, 0) is 57.1 Å². The summed E-state index contributed by atoms with van der Waals surface area (Å²) >= 11 is 0. The van der Waals surface area contributed by atoms with Crippen molar-refractivity contribution in [2.45, 2.75) is 123 Å². The lowest BCUT2D eigenvalue weighted by Crippen LogP contribution is -2.42. The molecule has 0 aromatic rings. The Balaban J connectivity index is 2.12. The summed E-state index contributed by atoms with van der Waals surface area (Å²) in [4.78, 5) is 24.2. The van der Waals surface area contributed by atoms with E-state index in [1.165, 1.54) is 6.92 Å². The molecule has 0 aromatic carbocycles. The Morgan fingerprint density at radius 1 is 1.32 bits per heavy atom. The van der Waals surface area contributed by atoms with Crippen LogP contribution in [0, 0.1) is 17.8 Å². The van der Waals surface area contributed by atoms with Gasteiger partial charge in [-0.25, -0.2) is 4.39 Å². The summed E-state index contributed by atoms with van der Waals surface area (Å²) in [6.45, 7) is 12.4. The fourth-order valence-electron chi connectivity index (χ4n) is 4.95. The van der Waals surface area contributed by atoms with Crippen molar-refractivity contribution in [3.63, 3.8) is 0 Å². The molecule has 0 radical (unpaired) electrons. The number of allylic oxidation sites excluding steroid dienone is 3. The molecule has 2 aliphatic heterocycles. The predicted octanol–water partition coefficient (Wildman–Crippen LogP) is 5.00. The first-order valence-electron chi connectivity index (χ1n) is 13.8. The van der Waals surface area contributed by atoms with Gasteiger partial charge in [0, 0.05) is 18.8 Å². The maximum absolute atomic E-state index is 13.9. The van der Waals surface area contributed by atoms with Gasteiger partial charge in [0.15, 0.2) is 0 Å². The van der Waals surface area contributed by atoms with Crippen LogP contribution < -0.4 is 0 Å². The van der Waals surface area contributed by atoms with E-state index in [2.05, 4.69) is 13.0 Å². The van der Waals surface area contributed by atoms with E-state index in [9.17, 15) is 24.2 Å². The van der Waals surface area contributed by atoms with Gasteiger partial charge in [0.2, 0.25) is 0 Å². The molecule has 0 bridgehead atoms. The molecule has 8 heteroatoms. The van der Waals surface area contributed by atoms with Crippen LogP contribution in [0.2, 0.25) is 0 Å². The molecule has 10 unspecified atom stereocenters. The highest BCUT2D eigenvalue weighted by Crippen LogP contribution is 2.37. The molecule has 1 saturated heterocycles. The molecule has 38 heavy (non-hydrogen) atoms. The summed E-state index contributed by atoms with van der Waals surface area (Å²) in [5.74, 6) is -1.21. The van der Waals surface area contributed by atoms with E-state index in [0.29, 0.717) is 6.42 Å². The quantitative estimate of drug-likeness (QED) is 0.184. The van der Waals surface area contributed by atoms with Crippen LogP contribution in [-0.2, 0) is 23.8 Å². The van der Waals surface area contributed by atoms with Crippen LogP contribution in [0.15, 0.2) is 36.0 Å². The van der Waals surface area contributed by atoms with Crippen molar-refractivity contribution in [3.8, 4) is 0 Å². The normalized spacial score (nSPS) is 36.4. The zero-order valence-corrected chi connectivity index (χ0v) is 23.9. The molecule has 1 fully saturated rings. The van der Waals surface area contributed by atoms with E-state index in [-0.39, 0.29) is 49.2 Å². The molecule has 2 N–H and O–H groups in total. The standard InChI is InChI=1S/C30H47FO7/c1-8-24(31)21(5)29-25(37-29)16-18(2)10-9-11-19(3)28-20(4)12-13-26(36-22(6)32)30(7,35)15-14-23(33)17-27(34)38-28/h9-13,18,20-21,23-26,28-29,33,35H,8,14-17H2,1-7H3/b10-9+,13-12-,19-11+. The number of carbonyl (C=O) groups is 2. The van der Waals surface area contributed by atoms with Crippen LogP contribution in [0.25, 0.3) is 0 Å². The van der Waals surface area contributed by atoms with Crippen molar-refractivity contribution >= 4 is 11.9 Å². The van der Waals surface area contributed by atoms with Crippen molar-refractivity contribution in [2.75, 3.05) is 0 Å². The second-order valence-corrected chi connectivity index (χ2v) is 11.4.